The third-order valence-electron chi connectivity index (χ3n) is 4.00. The molecule has 0 radical (unpaired) electrons. The number of hydrogen-bond acceptors (Lipinski definition) is 3. The zero-order valence-corrected chi connectivity index (χ0v) is 11.1. The lowest BCUT2D eigenvalue weighted by atomic mass is 9.92. The molecule has 1 fully saturated rings. The molecule has 1 saturated heterocycles. The molecule has 0 amide bonds. The van der Waals surface area contributed by atoms with Gasteiger partial charge in [-0.15, -0.1) is 0 Å². The highest BCUT2D eigenvalue weighted by molar-refractivity contribution is 5.85. The van der Waals surface area contributed by atoms with E-state index in [2.05, 4.69) is 23.8 Å². The van der Waals surface area contributed by atoms with Crippen LogP contribution in [-0.4, -0.2) is 28.7 Å². The minimum Gasteiger partial charge on any atom is -0.353 e. The van der Waals surface area contributed by atoms with Crippen LogP contribution in [0.15, 0.2) is 0 Å². The lowest BCUT2D eigenvalue weighted by Crippen LogP contribution is -2.43. The van der Waals surface area contributed by atoms with Gasteiger partial charge >= 0.3 is 0 Å². The Morgan fingerprint density at radius 1 is 1.41 bits per heavy atom. The Balaban J connectivity index is 2.42. The summed E-state index contributed by atoms with van der Waals surface area (Å²) in [6.45, 7) is 7.43. The van der Waals surface area contributed by atoms with Gasteiger partial charge in [-0.3, -0.25) is 9.48 Å². The Hall–Kier alpha value is -1.32. The van der Waals surface area contributed by atoms with Crippen molar-refractivity contribution >= 4 is 12.1 Å². The maximum Gasteiger partial charge on any atom is 0.155 e. The molecule has 1 aromatic rings. The Labute approximate surface area is 103 Å². The predicted octanol–water partition coefficient (Wildman–Crippen LogP) is 2.17. The van der Waals surface area contributed by atoms with Crippen molar-refractivity contribution in [2.45, 2.75) is 39.7 Å². The first-order valence-electron chi connectivity index (χ1n) is 6.31. The standard InChI is InChI=1S/C13H21N3O/c1-9-6-5-7-16(11(9)3)13-12(8-17)10(2)14-15(13)4/h8-9,11H,5-7H2,1-4H3. The van der Waals surface area contributed by atoms with E-state index in [0.29, 0.717) is 12.0 Å². The van der Waals surface area contributed by atoms with Crippen molar-refractivity contribution in [2.24, 2.45) is 13.0 Å². The third kappa shape index (κ3) is 1.96. The van der Waals surface area contributed by atoms with Gasteiger partial charge in [-0.2, -0.15) is 5.10 Å². The van der Waals surface area contributed by atoms with Crippen LogP contribution in [0.3, 0.4) is 0 Å². The number of hydrogen-bond donors (Lipinski definition) is 0. The van der Waals surface area contributed by atoms with E-state index < -0.39 is 0 Å². The van der Waals surface area contributed by atoms with E-state index >= 15 is 0 Å². The highest BCUT2D eigenvalue weighted by atomic mass is 16.1. The number of carbonyl (C=O) groups excluding carboxylic acids is 1. The fraction of sp³-hybridized carbons (Fsp3) is 0.692. The first-order valence-corrected chi connectivity index (χ1v) is 6.31. The lowest BCUT2D eigenvalue weighted by molar-refractivity contribution is 0.112. The summed E-state index contributed by atoms with van der Waals surface area (Å²) >= 11 is 0. The molecule has 2 atom stereocenters. The van der Waals surface area contributed by atoms with Gasteiger partial charge in [0.05, 0.1) is 11.3 Å². The topological polar surface area (TPSA) is 38.1 Å². The van der Waals surface area contributed by atoms with Crippen molar-refractivity contribution in [3.8, 4) is 0 Å². The van der Waals surface area contributed by atoms with Crippen molar-refractivity contribution in [2.75, 3.05) is 11.4 Å². The molecule has 1 aliphatic rings. The number of aldehydes is 1. The zero-order chi connectivity index (χ0) is 12.6. The smallest absolute Gasteiger partial charge is 0.155 e. The third-order valence-corrected chi connectivity index (χ3v) is 4.00. The molecule has 0 saturated carbocycles. The Bertz CT molecular complexity index is 425. The van der Waals surface area contributed by atoms with Crippen LogP contribution in [0.4, 0.5) is 5.82 Å². The van der Waals surface area contributed by atoms with Gasteiger partial charge in [0.1, 0.15) is 5.82 Å². The van der Waals surface area contributed by atoms with Gasteiger partial charge < -0.3 is 4.90 Å². The van der Waals surface area contributed by atoms with Crippen LogP contribution in [-0.2, 0) is 7.05 Å². The second-order valence-electron chi connectivity index (χ2n) is 5.12. The Morgan fingerprint density at radius 2 is 2.12 bits per heavy atom. The molecule has 0 spiro atoms. The number of rotatable bonds is 2. The summed E-state index contributed by atoms with van der Waals surface area (Å²) in [4.78, 5) is 13.5. The van der Waals surface area contributed by atoms with E-state index in [4.69, 9.17) is 0 Å². The Morgan fingerprint density at radius 3 is 2.76 bits per heavy atom. The maximum absolute atomic E-state index is 11.2. The van der Waals surface area contributed by atoms with E-state index in [9.17, 15) is 4.79 Å². The quantitative estimate of drug-likeness (QED) is 0.737. The molecule has 94 valence electrons. The number of aromatic nitrogens is 2. The number of piperidine rings is 1. The van der Waals surface area contributed by atoms with Gasteiger partial charge in [0.15, 0.2) is 6.29 Å². The molecule has 4 nitrogen and oxygen atoms in total. The fourth-order valence-electron chi connectivity index (χ4n) is 2.78. The number of aryl methyl sites for hydroxylation is 2. The molecule has 0 aromatic carbocycles. The second kappa shape index (κ2) is 4.51. The summed E-state index contributed by atoms with van der Waals surface area (Å²) in [6, 6.07) is 0.470. The lowest BCUT2D eigenvalue weighted by Gasteiger charge is -2.39. The summed E-state index contributed by atoms with van der Waals surface area (Å²) in [5.74, 6) is 1.65. The number of nitrogens with zero attached hydrogens (tertiary/aromatic N) is 3. The highest BCUT2D eigenvalue weighted by Crippen LogP contribution is 2.30. The molecule has 2 rings (SSSR count). The van der Waals surface area contributed by atoms with Crippen LogP contribution < -0.4 is 4.90 Å². The molecule has 2 heterocycles. The predicted molar refractivity (Wildman–Crippen MR) is 68.5 cm³/mol. The molecule has 1 aromatic heterocycles. The van der Waals surface area contributed by atoms with Crippen molar-refractivity contribution in [3.63, 3.8) is 0 Å². The Kier molecular flexibility index (Phi) is 3.22. The van der Waals surface area contributed by atoms with Crippen LogP contribution in [0.2, 0.25) is 0 Å². The minimum atomic E-state index is 0.470. The minimum absolute atomic E-state index is 0.470. The molecule has 4 heteroatoms. The fourth-order valence-corrected chi connectivity index (χ4v) is 2.78. The molecular weight excluding hydrogens is 214 g/mol. The first-order chi connectivity index (χ1) is 8.06. The maximum atomic E-state index is 11.2. The van der Waals surface area contributed by atoms with E-state index in [-0.39, 0.29) is 0 Å². The average Bonchev–Trinajstić information content (AvgIpc) is 2.57. The van der Waals surface area contributed by atoms with Crippen LogP contribution in [0, 0.1) is 12.8 Å². The van der Waals surface area contributed by atoms with Crippen LogP contribution >= 0.6 is 0 Å². The summed E-state index contributed by atoms with van der Waals surface area (Å²) in [6.07, 6.45) is 3.39. The van der Waals surface area contributed by atoms with Gasteiger partial charge in [-0.05, 0) is 32.6 Å². The van der Waals surface area contributed by atoms with Gasteiger partial charge in [0.2, 0.25) is 0 Å². The van der Waals surface area contributed by atoms with E-state index in [1.165, 1.54) is 12.8 Å². The second-order valence-corrected chi connectivity index (χ2v) is 5.12. The van der Waals surface area contributed by atoms with Crippen LogP contribution in [0.1, 0.15) is 42.7 Å². The zero-order valence-electron chi connectivity index (χ0n) is 11.1. The summed E-state index contributed by atoms with van der Waals surface area (Å²) < 4.78 is 1.84. The largest absolute Gasteiger partial charge is 0.353 e. The summed E-state index contributed by atoms with van der Waals surface area (Å²) in [5, 5.41) is 4.36. The first kappa shape index (κ1) is 12.1. The average molecular weight is 235 g/mol. The summed E-state index contributed by atoms with van der Waals surface area (Å²) in [7, 11) is 1.92. The van der Waals surface area contributed by atoms with Crippen LogP contribution in [0.25, 0.3) is 0 Å². The van der Waals surface area contributed by atoms with Crippen molar-refractivity contribution in [1.29, 1.82) is 0 Å². The molecule has 0 aliphatic carbocycles. The molecule has 1 aliphatic heterocycles. The van der Waals surface area contributed by atoms with Gasteiger partial charge in [-0.1, -0.05) is 6.92 Å². The van der Waals surface area contributed by atoms with Crippen molar-refractivity contribution < 1.29 is 4.79 Å². The molecule has 0 N–H and O–H groups in total. The van der Waals surface area contributed by atoms with Gasteiger partial charge in [0.25, 0.3) is 0 Å². The summed E-state index contributed by atoms with van der Waals surface area (Å²) in [5.41, 5.74) is 1.57. The molecule has 17 heavy (non-hydrogen) atoms. The van der Waals surface area contributed by atoms with Gasteiger partial charge in [-0.25, -0.2) is 0 Å². The van der Waals surface area contributed by atoms with Crippen LogP contribution in [0.5, 0.6) is 0 Å². The van der Waals surface area contributed by atoms with E-state index in [0.717, 1.165) is 29.9 Å². The van der Waals surface area contributed by atoms with Gasteiger partial charge in [0, 0.05) is 19.6 Å². The van der Waals surface area contributed by atoms with Crippen molar-refractivity contribution in [3.05, 3.63) is 11.3 Å². The molecular formula is C13H21N3O. The monoisotopic (exact) mass is 235 g/mol. The van der Waals surface area contributed by atoms with E-state index in [1.54, 1.807) is 0 Å². The number of anilines is 1. The molecule has 0 bridgehead atoms. The van der Waals surface area contributed by atoms with E-state index in [1.807, 2.05) is 18.7 Å². The number of carbonyl (C=O) groups is 1. The van der Waals surface area contributed by atoms with Crippen molar-refractivity contribution in [1.82, 2.24) is 9.78 Å². The SMILES string of the molecule is Cc1nn(C)c(N2CCCC(C)C2C)c1C=O. The normalized spacial score (nSPS) is 25.1. The highest BCUT2D eigenvalue weighted by Gasteiger charge is 2.29. The molecule has 2 unspecified atom stereocenters.